The summed E-state index contributed by atoms with van der Waals surface area (Å²) in [6.45, 7) is 2.27. The van der Waals surface area contributed by atoms with E-state index in [2.05, 4.69) is 0 Å². The molecule has 2 aliphatic heterocycles. The monoisotopic (exact) mass is 322 g/mol. The smallest absolute Gasteiger partial charge is 0.269 e. The van der Waals surface area contributed by atoms with Crippen LogP contribution in [0.15, 0.2) is 24.3 Å². The summed E-state index contributed by atoms with van der Waals surface area (Å²) in [7, 11) is 0. The van der Waals surface area contributed by atoms with E-state index < -0.39 is 10.7 Å². The van der Waals surface area contributed by atoms with Gasteiger partial charge in [0.1, 0.15) is 5.75 Å². The van der Waals surface area contributed by atoms with Gasteiger partial charge in [-0.05, 0) is 12.1 Å². The summed E-state index contributed by atoms with van der Waals surface area (Å²) in [6, 6.07) is 5.66. The molecule has 1 amide bonds. The normalized spacial score (nSPS) is 19.7. The molecule has 1 aromatic rings. The Morgan fingerprint density at radius 3 is 2.39 bits per heavy atom. The number of nitro groups is 1. The maximum atomic E-state index is 12.2. The zero-order valence-corrected chi connectivity index (χ0v) is 12.6. The summed E-state index contributed by atoms with van der Waals surface area (Å²) in [4.78, 5) is 24.0. The number of rotatable bonds is 4. The quantitative estimate of drug-likeness (QED) is 0.613. The van der Waals surface area contributed by atoms with Crippen molar-refractivity contribution in [3.8, 4) is 5.75 Å². The highest BCUT2D eigenvalue weighted by Gasteiger charge is 2.40. The number of nitrogens with zero attached hydrogens (tertiary/aromatic N) is 2. The third-order valence-corrected chi connectivity index (χ3v) is 4.10. The van der Waals surface area contributed by atoms with Crippen LogP contribution < -0.4 is 4.74 Å². The molecule has 2 heterocycles. The van der Waals surface area contributed by atoms with E-state index in [-0.39, 0.29) is 18.2 Å². The van der Waals surface area contributed by atoms with Gasteiger partial charge in [0.15, 0.2) is 12.4 Å². The molecule has 0 N–H and O–H groups in total. The molecule has 0 bridgehead atoms. The second-order valence-electron chi connectivity index (χ2n) is 5.53. The summed E-state index contributed by atoms with van der Waals surface area (Å²) in [6.07, 6.45) is 1.33. The molecule has 0 saturated carbocycles. The number of nitro benzene ring substituents is 1. The van der Waals surface area contributed by atoms with Crippen molar-refractivity contribution in [2.75, 3.05) is 32.9 Å². The molecule has 0 radical (unpaired) electrons. The van der Waals surface area contributed by atoms with Crippen molar-refractivity contribution >= 4 is 11.6 Å². The Morgan fingerprint density at radius 2 is 1.83 bits per heavy atom. The summed E-state index contributed by atoms with van der Waals surface area (Å²) in [5.41, 5.74) is -0.0124. The number of ether oxygens (including phenoxy) is 3. The van der Waals surface area contributed by atoms with Crippen LogP contribution in [0, 0.1) is 10.1 Å². The lowest BCUT2D eigenvalue weighted by Crippen LogP contribution is -2.48. The van der Waals surface area contributed by atoms with Gasteiger partial charge in [0.25, 0.3) is 11.6 Å². The molecule has 0 aromatic heterocycles. The van der Waals surface area contributed by atoms with Crippen LogP contribution in [0.5, 0.6) is 5.75 Å². The Bertz CT molecular complexity index is 572. The summed E-state index contributed by atoms with van der Waals surface area (Å²) in [5, 5.41) is 10.6. The molecule has 2 saturated heterocycles. The summed E-state index contributed by atoms with van der Waals surface area (Å²) >= 11 is 0. The topological polar surface area (TPSA) is 91.1 Å². The molecule has 23 heavy (non-hydrogen) atoms. The minimum Gasteiger partial charge on any atom is -0.484 e. The highest BCUT2D eigenvalue weighted by atomic mass is 16.7. The summed E-state index contributed by atoms with van der Waals surface area (Å²) < 4.78 is 16.6. The van der Waals surface area contributed by atoms with Crippen molar-refractivity contribution < 1.29 is 23.9 Å². The van der Waals surface area contributed by atoms with E-state index in [1.807, 2.05) is 0 Å². The molecule has 3 rings (SSSR count). The SMILES string of the molecule is O=C(COc1ccc([N+](=O)[O-])cc1)N1CCC2(CC1)OCCO2. The first kappa shape index (κ1) is 15.7. The average Bonchev–Trinajstić information content (AvgIpc) is 3.02. The largest absolute Gasteiger partial charge is 0.484 e. The van der Waals surface area contributed by atoms with Crippen LogP contribution in [-0.2, 0) is 14.3 Å². The van der Waals surface area contributed by atoms with Gasteiger partial charge in [0, 0.05) is 38.1 Å². The third kappa shape index (κ3) is 3.59. The third-order valence-electron chi connectivity index (χ3n) is 4.10. The Morgan fingerprint density at radius 1 is 1.22 bits per heavy atom. The van der Waals surface area contributed by atoms with Crippen LogP contribution in [0.25, 0.3) is 0 Å². The fourth-order valence-corrected chi connectivity index (χ4v) is 2.78. The van der Waals surface area contributed by atoms with E-state index in [4.69, 9.17) is 14.2 Å². The van der Waals surface area contributed by atoms with Gasteiger partial charge >= 0.3 is 0 Å². The van der Waals surface area contributed by atoms with Crippen molar-refractivity contribution in [3.05, 3.63) is 34.4 Å². The molecule has 0 aliphatic carbocycles. The molecule has 1 spiro atoms. The fraction of sp³-hybridized carbons (Fsp3) is 0.533. The van der Waals surface area contributed by atoms with Crippen LogP contribution in [0.2, 0.25) is 0 Å². The number of hydrogen-bond acceptors (Lipinski definition) is 6. The van der Waals surface area contributed by atoms with Gasteiger partial charge in [-0.15, -0.1) is 0 Å². The van der Waals surface area contributed by atoms with E-state index in [1.165, 1.54) is 24.3 Å². The number of piperidine rings is 1. The van der Waals surface area contributed by atoms with Crippen LogP contribution in [0.4, 0.5) is 5.69 Å². The van der Waals surface area contributed by atoms with Crippen LogP contribution in [0.3, 0.4) is 0 Å². The fourth-order valence-electron chi connectivity index (χ4n) is 2.78. The van der Waals surface area contributed by atoms with Crippen LogP contribution in [-0.4, -0.2) is 54.4 Å². The Labute approximate surface area is 133 Å². The molecule has 8 nitrogen and oxygen atoms in total. The van der Waals surface area contributed by atoms with Gasteiger partial charge in [-0.1, -0.05) is 0 Å². The number of non-ortho nitro benzene ring substituents is 1. The Hall–Kier alpha value is -2.19. The molecule has 1 aromatic carbocycles. The standard InChI is InChI=1S/C15H18N2O6/c18-14(11-21-13-3-1-12(2-4-13)17(19)20)16-7-5-15(6-8-16)22-9-10-23-15/h1-4H,5-11H2. The number of benzene rings is 1. The van der Waals surface area contributed by atoms with Gasteiger partial charge in [0.2, 0.25) is 0 Å². The summed E-state index contributed by atoms with van der Waals surface area (Å²) in [5.74, 6) is -0.188. The van der Waals surface area contributed by atoms with Crippen molar-refractivity contribution in [1.82, 2.24) is 4.90 Å². The molecule has 2 aliphatic rings. The maximum absolute atomic E-state index is 12.2. The van der Waals surface area contributed by atoms with E-state index in [0.717, 1.165) is 0 Å². The molecule has 2 fully saturated rings. The molecule has 8 heteroatoms. The predicted octanol–water partition coefficient (Wildman–Crippen LogP) is 1.34. The van der Waals surface area contributed by atoms with Crippen LogP contribution in [0.1, 0.15) is 12.8 Å². The highest BCUT2D eigenvalue weighted by Crippen LogP contribution is 2.31. The van der Waals surface area contributed by atoms with Crippen LogP contribution >= 0.6 is 0 Å². The van der Waals surface area contributed by atoms with Gasteiger partial charge in [-0.2, -0.15) is 0 Å². The number of amides is 1. The zero-order chi connectivity index (χ0) is 16.3. The van der Waals surface area contributed by atoms with Gasteiger partial charge in [-0.25, -0.2) is 0 Å². The van der Waals surface area contributed by atoms with Crippen molar-refractivity contribution in [3.63, 3.8) is 0 Å². The second-order valence-corrected chi connectivity index (χ2v) is 5.53. The first-order valence-corrected chi connectivity index (χ1v) is 7.51. The predicted molar refractivity (Wildman–Crippen MR) is 79.0 cm³/mol. The number of carbonyl (C=O) groups is 1. The lowest BCUT2D eigenvalue weighted by atomic mass is 10.0. The van der Waals surface area contributed by atoms with Gasteiger partial charge in [0.05, 0.1) is 18.1 Å². The first-order chi connectivity index (χ1) is 11.1. The second kappa shape index (κ2) is 6.51. The minimum atomic E-state index is -0.504. The highest BCUT2D eigenvalue weighted by molar-refractivity contribution is 5.77. The first-order valence-electron chi connectivity index (χ1n) is 7.51. The number of likely N-dealkylation sites (tertiary alicyclic amines) is 1. The van der Waals surface area contributed by atoms with Crippen molar-refractivity contribution in [1.29, 1.82) is 0 Å². The molecular weight excluding hydrogens is 304 g/mol. The van der Waals surface area contributed by atoms with Crippen molar-refractivity contribution in [2.45, 2.75) is 18.6 Å². The molecule has 124 valence electrons. The molecule has 0 unspecified atom stereocenters. The lowest BCUT2D eigenvalue weighted by molar-refractivity contribution is -0.384. The maximum Gasteiger partial charge on any atom is 0.269 e. The molecular formula is C15H18N2O6. The van der Waals surface area contributed by atoms with E-state index in [1.54, 1.807) is 4.90 Å². The van der Waals surface area contributed by atoms with Gasteiger partial charge in [-0.3, -0.25) is 14.9 Å². The average molecular weight is 322 g/mol. The van der Waals surface area contributed by atoms with E-state index in [9.17, 15) is 14.9 Å². The lowest BCUT2D eigenvalue weighted by Gasteiger charge is -2.37. The minimum absolute atomic E-state index is 0.0124. The zero-order valence-electron chi connectivity index (χ0n) is 12.6. The number of carbonyl (C=O) groups excluding carboxylic acids is 1. The Kier molecular flexibility index (Phi) is 4.44. The Balaban J connectivity index is 1.47. The van der Waals surface area contributed by atoms with E-state index in [0.29, 0.717) is 44.9 Å². The number of hydrogen-bond donors (Lipinski definition) is 0. The van der Waals surface area contributed by atoms with Gasteiger partial charge < -0.3 is 19.1 Å². The van der Waals surface area contributed by atoms with E-state index >= 15 is 0 Å². The molecule has 0 atom stereocenters. The van der Waals surface area contributed by atoms with Crippen molar-refractivity contribution in [2.24, 2.45) is 0 Å².